The summed E-state index contributed by atoms with van der Waals surface area (Å²) in [4.78, 5) is 37.9. The van der Waals surface area contributed by atoms with Gasteiger partial charge in [-0.05, 0) is 38.2 Å². The minimum Gasteiger partial charge on any atom is -0.347 e. The fraction of sp³-hybridized carbons (Fsp3) is 0.550. The number of hydrogen-bond acceptors (Lipinski definition) is 3. The maximum Gasteiger partial charge on any atom is 0.325 e. The van der Waals surface area contributed by atoms with Crippen LogP contribution in [0.2, 0.25) is 0 Å². The summed E-state index contributed by atoms with van der Waals surface area (Å²) in [5, 5.41) is 5.69. The topological polar surface area (TPSA) is 78.5 Å². The van der Waals surface area contributed by atoms with Gasteiger partial charge in [-0.25, -0.2) is 4.79 Å². The average Bonchev–Trinajstić information content (AvgIpc) is 2.83. The molecule has 0 unspecified atom stereocenters. The highest BCUT2D eigenvalue weighted by atomic mass is 16.2. The van der Waals surface area contributed by atoms with Crippen molar-refractivity contribution in [2.45, 2.75) is 57.5 Å². The molecule has 2 N–H and O–H groups in total. The van der Waals surface area contributed by atoms with Gasteiger partial charge in [-0.1, -0.05) is 49.6 Å². The molecule has 1 aliphatic heterocycles. The van der Waals surface area contributed by atoms with Crippen molar-refractivity contribution in [3.63, 3.8) is 0 Å². The third kappa shape index (κ3) is 3.89. The van der Waals surface area contributed by atoms with Crippen LogP contribution in [-0.2, 0) is 9.59 Å². The Bertz CT molecular complexity index is 681. The molecule has 1 aromatic rings. The van der Waals surface area contributed by atoms with E-state index >= 15 is 0 Å². The lowest BCUT2D eigenvalue weighted by Crippen LogP contribution is -2.44. The number of carbonyl (C=O) groups is 3. The molecule has 4 amide bonds. The van der Waals surface area contributed by atoms with Gasteiger partial charge in [-0.3, -0.25) is 14.5 Å². The molecule has 1 heterocycles. The number of nitrogens with zero attached hydrogens (tertiary/aromatic N) is 1. The van der Waals surface area contributed by atoms with Gasteiger partial charge in [0.2, 0.25) is 5.91 Å². The molecular weight excluding hydrogens is 330 g/mol. The third-order valence-electron chi connectivity index (χ3n) is 5.34. The fourth-order valence-corrected chi connectivity index (χ4v) is 3.93. The van der Waals surface area contributed by atoms with Gasteiger partial charge >= 0.3 is 6.03 Å². The predicted molar refractivity (Wildman–Crippen MR) is 98.2 cm³/mol. The normalized spacial score (nSPS) is 21.4. The summed E-state index contributed by atoms with van der Waals surface area (Å²) < 4.78 is 0. The molecule has 1 atom stereocenters. The molecule has 2 aliphatic rings. The van der Waals surface area contributed by atoms with E-state index in [9.17, 15) is 14.4 Å². The molecule has 3 rings (SSSR count). The summed E-state index contributed by atoms with van der Waals surface area (Å²) in [5.74, 6) is -0.285. The maximum atomic E-state index is 12.6. The number of benzene rings is 1. The highest BCUT2D eigenvalue weighted by Gasteiger charge is 2.45. The van der Waals surface area contributed by atoms with Crippen molar-refractivity contribution in [1.29, 1.82) is 0 Å². The molecule has 0 spiro atoms. The fourth-order valence-electron chi connectivity index (χ4n) is 3.93. The van der Waals surface area contributed by atoms with Crippen molar-refractivity contribution in [1.82, 2.24) is 15.5 Å². The van der Waals surface area contributed by atoms with Gasteiger partial charge in [0.1, 0.15) is 12.1 Å². The van der Waals surface area contributed by atoms with Crippen molar-refractivity contribution in [2.75, 3.05) is 6.54 Å². The Hall–Kier alpha value is -2.37. The number of imide groups is 1. The highest BCUT2D eigenvalue weighted by Crippen LogP contribution is 2.34. The molecule has 2 fully saturated rings. The van der Waals surface area contributed by atoms with Crippen LogP contribution in [0.25, 0.3) is 0 Å². The lowest BCUT2D eigenvalue weighted by molar-refractivity contribution is -0.134. The van der Waals surface area contributed by atoms with E-state index in [1.165, 1.54) is 19.3 Å². The van der Waals surface area contributed by atoms with Crippen molar-refractivity contribution in [2.24, 2.45) is 5.92 Å². The van der Waals surface area contributed by atoms with E-state index in [1.54, 1.807) is 13.8 Å². The van der Waals surface area contributed by atoms with Crippen LogP contribution in [-0.4, -0.2) is 34.8 Å². The summed E-state index contributed by atoms with van der Waals surface area (Å²) in [7, 11) is 0. The molecule has 26 heavy (non-hydrogen) atoms. The first kappa shape index (κ1) is 18.4. The molecule has 0 radical (unpaired) electrons. The van der Waals surface area contributed by atoms with Gasteiger partial charge in [0.15, 0.2) is 0 Å². The smallest absolute Gasteiger partial charge is 0.325 e. The van der Waals surface area contributed by atoms with Crippen LogP contribution >= 0.6 is 0 Å². The van der Waals surface area contributed by atoms with Crippen molar-refractivity contribution in [3.05, 3.63) is 35.9 Å². The van der Waals surface area contributed by atoms with E-state index in [2.05, 4.69) is 10.6 Å². The SMILES string of the molecule is CC1(C)NC(=O)N(CC(=O)N[C@@H](c2ccccc2)C2CCCCC2)C1=O. The summed E-state index contributed by atoms with van der Waals surface area (Å²) in [5.41, 5.74) is 0.116. The minimum absolute atomic E-state index is 0.0854. The second-order valence-electron chi connectivity index (χ2n) is 7.80. The maximum absolute atomic E-state index is 12.6. The van der Waals surface area contributed by atoms with Crippen LogP contribution in [0.15, 0.2) is 30.3 Å². The zero-order valence-electron chi connectivity index (χ0n) is 15.5. The van der Waals surface area contributed by atoms with Gasteiger partial charge in [0, 0.05) is 0 Å². The Balaban J connectivity index is 1.71. The Morgan fingerprint density at radius 2 is 1.85 bits per heavy atom. The van der Waals surface area contributed by atoms with Crippen LogP contribution in [0.3, 0.4) is 0 Å². The second kappa shape index (κ2) is 7.48. The van der Waals surface area contributed by atoms with Gasteiger partial charge in [-0.2, -0.15) is 0 Å². The number of nitrogens with one attached hydrogen (secondary N) is 2. The van der Waals surface area contributed by atoms with Crippen LogP contribution in [0.1, 0.15) is 57.6 Å². The zero-order chi connectivity index (χ0) is 18.7. The molecule has 0 aromatic heterocycles. The van der Waals surface area contributed by atoms with Crippen LogP contribution in [0.5, 0.6) is 0 Å². The van der Waals surface area contributed by atoms with Gasteiger partial charge in [0.05, 0.1) is 6.04 Å². The van der Waals surface area contributed by atoms with Crippen LogP contribution in [0, 0.1) is 5.92 Å². The largest absolute Gasteiger partial charge is 0.347 e. The summed E-state index contributed by atoms with van der Waals surface area (Å²) >= 11 is 0. The number of rotatable bonds is 5. The van der Waals surface area contributed by atoms with E-state index in [1.807, 2.05) is 30.3 Å². The van der Waals surface area contributed by atoms with E-state index < -0.39 is 11.6 Å². The summed E-state index contributed by atoms with van der Waals surface area (Å²) in [6, 6.07) is 9.35. The van der Waals surface area contributed by atoms with Gasteiger partial charge in [0.25, 0.3) is 5.91 Å². The average molecular weight is 357 g/mol. The summed E-state index contributed by atoms with van der Waals surface area (Å²) in [6.45, 7) is 3.03. The Morgan fingerprint density at radius 3 is 2.42 bits per heavy atom. The molecule has 6 heteroatoms. The molecule has 1 saturated heterocycles. The first-order valence-corrected chi connectivity index (χ1v) is 9.37. The first-order valence-electron chi connectivity index (χ1n) is 9.37. The number of amides is 4. The molecule has 1 aliphatic carbocycles. The number of hydrogen-bond donors (Lipinski definition) is 2. The monoisotopic (exact) mass is 357 g/mol. The van der Waals surface area contributed by atoms with Crippen molar-refractivity contribution < 1.29 is 14.4 Å². The first-order chi connectivity index (χ1) is 12.4. The van der Waals surface area contributed by atoms with Crippen LogP contribution in [0.4, 0.5) is 4.79 Å². The molecule has 0 bridgehead atoms. The lowest BCUT2D eigenvalue weighted by Gasteiger charge is -2.31. The summed E-state index contributed by atoms with van der Waals surface area (Å²) in [6.07, 6.45) is 5.74. The highest BCUT2D eigenvalue weighted by molar-refractivity contribution is 6.08. The van der Waals surface area contributed by atoms with Crippen molar-refractivity contribution in [3.8, 4) is 0 Å². The minimum atomic E-state index is -0.959. The third-order valence-corrected chi connectivity index (χ3v) is 5.34. The molecular formula is C20H27N3O3. The predicted octanol–water partition coefficient (Wildman–Crippen LogP) is 2.75. The zero-order valence-corrected chi connectivity index (χ0v) is 15.5. The molecule has 140 valence electrons. The standard InChI is InChI=1S/C20H27N3O3/c1-20(2)18(25)23(19(26)22-20)13-16(24)21-17(14-9-5-3-6-10-14)15-11-7-4-8-12-15/h3,5-6,9-10,15,17H,4,7-8,11-13H2,1-2H3,(H,21,24)(H,22,26)/t17-/m0/s1. The second-order valence-corrected chi connectivity index (χ2v) is 7.80. The van der Waals surface area contributed by atoms with Crippen LogP contribution < -0.4 is 10.6 Å². The molecule has 1 saturated carbocycles. The van der Waals surface area contributed by atoms with E-state index in [-0.39, 0.29) is 24.4 Å². The quantitative estimate of drug-likeness (QED) is 0.796. The van der Waals surface area contributed by atoms with E-state index in [0.29, 0.717) is 5.92 Å². The molecule has 1 aromatic carbocycles. The lowest BCUT2D eigenvalue weighted by atomic mass is 9.81. The number of urea groups is 1. The van der Waals surface area contributed by atoms with Crippen molar-refractivity contribution >= 4 is 17.8 Å². The molecule has 6 nitrogen and oxygen atoms in total. The van der Waals surface area contributed by atoms with Gasteiger partial charge < -0.3 is 10.6 Å². The van der Waals surface area contributed by atoms with E-state index in [0.717, 1.165) is 23.3 Å². The van der Waals surface area contributed by atoms with Gasteiger partial charge in [-0.15, -0.1) is 0 Å². The van der Waals surface area contributed by atoms with E-state index in [4.69, 9.17) is 0 Å². The number of carbonyl (C=O) groups excluding carboxylic acids is 3. The Morgan fingerprint density at radius 1 is 1.19 bits per heavy atom. The Labute approximate surface area is 154 Å². The Kier molecular flexibility index (Phi) is 5.30.